The number of carbonyl (C=O) groups is 1. The first-order valence-corrected chi connectivity index (χ1v) is 8.56. The molecule has 1 aliphatic rings. The van der Waals surface area contributed by atoms with Crippen molar-refractivity contribution in [1.82, 2.24) is 5.32 Å². The van der Waals surface area contributed by atoms with E-state index in [4.69, 9.17) is 21.1 Å². The Labute approximate surface area is 154 Å². The summed E-state index contributed by atoms with van der Waals surface area (Å²) in [5.74, 6) is 0.759. The molecule has 0 aliphatic carbocycles. The van der Waals surface area contributed by atoms with Crippen LogP contribution in [0.4, 0.5) is 5.69 Å². The Balaban J connectivity index is 1.88. The summed E-state index contributed by atoms with van der Waals surface area (Å²) in [7, 11) is 3.06. The van der Waals surface area contributed by atoms with Gasteiger partial charge in [-0.25, -0.2) is 4.99 Å². The zero-order valence-corrected chi connectivity index (χ0v) is 15.1. The van der Waals surface area contributed by atoms with Gasteiger partial charge >= 0.3 is 0 Å². The predicted molar refractivity (Wildman–Crippen MR) is 102 cm³/mol. The Morgan fingerprint density at radius 1 is 1.16 bits per heavy atom. The van der Waals surface area contributed by atoms with Crippen molar-refractivity contribution < 1.29 is 14.3 Å². The van der Waals surface area contributed by atoms with Gasteiger partial charge in [0.05, 0.1) is 29.8 Å². The maximum absolute atomic E-state index is 12.2. The highest BCUT2D eigenvalue weighted by atomic mass is 35.5. The number of rotatable bonds is 4. The fourth-order valence-corrected chi connectivity index (χ4v) is 3.41. The number of nitrogens with zero attached hydrogens (tertiary/aromatic N) is 1. The Bertz CT molecular complexity index is 866. The normalized spacial score (nSPS) is 17.0. The Morgan fingerprint density at radius 3 is 2.60 bits per heavy atom. The molecular formula is C18H15ClN2O3S. The van der Waals surface area contributed by atoms with Gasteiger partial charge in [-0.1, -0.05) is 29.8 Å². The molecule has 0 atom stereocenters. The van der Waals surface area contributed by atoms with Crippen LogP contribution >= 0.6 is 23.4 Å². The highest BCUT2D eigenvalue weighted by molar-refractivity contribution is 8.18. The molecule has 3 rings (SSSR count). The van der Waals surface area contributed by atoms with Crippen LogP contribution in [0.5, 0.6) is 11.5 Å². The molecule has 0 aromatic heterocycles. The van der Waals surface area contributed by atoms with Gasteiger partial charge in [0.15, 0.2) is 16.7 Å². The topological polar surface area (TPSA) is 59.9 Å². The molecule has 0 bridgehead atoms. The predicted octanol–water partition coefficient (Wildman–Crippen LogP) is 4.25. The summed E-state index contributed by atoms with van der Waals surface area (Å²) < 4.78 is 10.5. The van der Waals surface area contributed by atoms with E-state index in [1.54, 1.807) is 18.2 Å². The van der Waals surface area contributed by atoms with Crippen molar-refractivity contribution in [3.8, 4) is 11.5 Å². The molecule has 1 heterocycles. The van der Waals surface area contributed by atoms with Crippen molar-refractivity contribution >= 4 is 46.2 Å². The molecule has 1 amide bonds. The van der Waals surface area contributed by atoms with Gasteiger partial charge in [-0.2, -0.15) is 0 Å². The maximum atomic E-state index is 12.2. The number of ether oxygens (including phenoxy) is 2. The maximum Gasteiger partial charge on any atom is 0.264 e. The second kappa shape index (κ2) is 7.63. The number of nitrogens with one attached hydrogen (secondary N) is 1. The van der Waals surface area contributed by atoms with Gasteiger partial charge in [-0.05, 0) is 47.7 Å². The third kappa shape index (κ3) is 3.97. The van der Waals surface area contributed by atoms with E-state index in [0.717, 1.165) is 11.3 Å². The molecule has 0 unspecified atom stereocenters. The molecule has 128 valence electrons. The van der Waals surface area contributed by atoms with Crippen molar-refractivity contribution in [1.29, 1.82) is 0 Å². The molecule has 1 saturated heterocycles. The van der Waals surface area contributed by atoms with Crippen LogP contribution in [-0.2, 0) is 4.79 Å². The van der Waals surface area contributed by atoms with Gasteiger partial charge in [0.25, 0.3) is 5.91 Å². The minimum Gasteiger partial charge on any atom is -0.493 e. The smallest absolute Gasteiger partial charge is 0.264 e. The molecule has 2 aromatic carbocycles. The van der Waals surface area contributed by atoms with E-state index in [1.165, 1.54) is 26.0 Å². The van der Waals surface area contributed by atoms with E-state index in [1.807, 2.05) is 30.3 Å². The summed E-state index contributed by atoms with van der Waals surface area (Å²) in [4.78, 5) is 17.1. The lowest BCUT2D eigenvalue weighted by Gasteiger charge is -2.10. The summed E-state index contributed by atoms with van der Waals surface area (Å²) in [6, 6.07) is 12.9. The number of aliphatic imine (C=N–C) groups is 1. The van der Waals surface area contributed by atoms with Crippen LogP contribution in [0, 0.1) is 0 Å². The average molecular weight is 375 g/mol. The van der Waals surface area contributed by atoms with Crippen molar-refractivity contribution in [3.05, 3.63) is 58.0 Å². The second-order valence-electron chi connectivity index (χ2n) is 5.06. The quantitative estimate of drug-likeness (QED) is 0.813. The largest absolute Gasteiger partial charge is 0.493 e. The van der Waals surface area contributed by atoms with Crippen LogP contribution in [0.15, 0.2) is 52.4 Å². The lowest BCUT2D eigenvalue weighted by Crippen LogP contribution is -2.19. The lowest BCUT2D eigenvalue weighted by atomic mass is 10.2. The Morgan fingerprint density at radius 2 is 1.92 bits per heavy atom. The Hall–Kier alpha value is -2.44. The van der Waals surface area contributed by atoms with Crippen molar-refractivity contribution in [2.24, 2.45) is 4.99 Å². The molecule has 0 radical (unpaired) electrons. The van der Waals surface area contributed by atoms with Crippen LogP contribution in [0.1, 0.15) is 5.56 Å². The average Bonchev–Trinajstić information content (AvgIpc) is 2.94. The SMILES string of the molecule is COc1cc(/C=C2/SC(=Nc3ccccc3)NC2=O)cc(Cl)c1OC. The number of halogens is 1. The van der Waals surface area contributed by atoms with Gasteiger partial charge in [-0.15, -0.1) is 0 Å². The zero-order valence-electron chi connectivity index (χ0n) is 13.6. The number of thioether (sulfide) groups is 1. The molecule has 2 aromatic rings. The van der Waals surface area contributed by atoms with Crippen LogP contribution in [-0.4, -0.2) is 25.3 Å². The summed E-state index contributed by atoms with van der Waals surface area (Å²) in [6.45, 7) is 0. The van der Waals surface area contributed by atoms with Gasteiger partial charge in [-0.3, -0.25) is 4.79 Å². The first-order valence-electron chi connectivity index (χ1n) is 7.37. The first kappa shape index (κ1) is 17.4. The van der Waals surface area contributed by atoms with Gasteiger partial charge in [0, 0.05) is 0 Å². The standard InChI is InChI=1S/C18H15ClN2O3S/c1-23-14-9-11(8-13(19)16(14)24-2)10-15-17(22)21-18(25-15)20-12-6-4-3-5-7-12/h3-10H,1-2H3,(H,20,21,22)/b15-10+. The lowest BCUT2D eigenvalue weighted by molar-refractivity contribution is -0.115. The van der Waals surface area contributed by atoms with Crippen LogP contribution in [0.25, 0.3) is 6.08 Å². The molecule has 0 saturated carbocycles. The summed E-state index contributed by atoms with van der Waals surface area (Å²) >= 11 is 7.48. The van der Waals surface area contributed by atoms with Crippen LogP contribution in [0.3, 0.4) is 0 Å². The van der Waals surface area contributed by atoms with Gasteiger partial charge < -0.3 is 14.8 Å². The zero-order chi connectivity index (χ0) is 17.8. The van der Waals surface area contributed by atoms with Crippen LogP contribution < -0.4 is 14.8 Å². The van der Waals surface area contributed by atoms with Crippen molar-refractivity contribution in [3.63, 3.8) is 0 Å². The van der Waals surface area contributed by atoms with Gasteiger partial charge in [0.2, 0.25) is 0 Å². The first-order chi connectivity index (χ1) is 12.1. The van der Waals surface area contributed by atoms with Crippen molar-refractivity contribution in [2.45, 2.75) is 0 Å². The van der Waals surface area contributed by atoms with Gasteiger partial charge in [0.1, 0.15) is 0 Å². The van der Waals surface area contributed by atoms with E-state index >= 15 is 0 Å². The number of para-hydroxylation sites is 1. The molecule has 25 heavy (non-hydrogen) atoms. The molecule has 5 nitrogen and oxygen atoms in total. The fraction of sp³-hybridized carbons (Fsp3) is 0.111. The van der Waals surface area contributed by atoms with Crippen molar-refractivity contribution in [2.75, 3.05) is 14.2 Å². The molecule has 1 N–H and O–H groups in total. The highest BCUT2D eigenvalue weighted by Gasteiger charge is 2.24. The summed E-state index contributed by atoms with van der Waals surface area (Å²) in [6.07, 6.45) is 1.74. The summed E-state index contributed by atoms with van der Waals surface area (Å²) in [5, 5.41) is 3.70. The molecule has 7 heteroatoms. The molecule has 1 fully saturated rings. The number of benzene rings is 2. The van der Waals surface area contributed by atoms with E-state index in [-0.39, 0.29) is 5.91 Å². The number of amidine groups is 1. The Kier molecular flexibility index (Phi) is 5.31. The number of hydrogen-bond donors (Lipinski definition) is 1. The van der Waals surface area contributed by atoms with E-state index < -0.39 is 0 Å². The van der Waals surface area contributed by atoms with E-state index in [9.17, 15) is 4.79 Å². The second-order valence-corrected chi connectivity index (χ2v) is 6.49. The van der Waals surface area contributed by atoms with E-state index in [2.05, 4.69) is 10.3 Å². The number of amides is 1. The van der Waals surface area contributed by atoms with Crippen LogP contribution in [0.2, 0.25) is 5.02 Å². The molecular weight excluding hydrogens is 360 g/mol. The minimum atomic E-state index is -0.203. The summed E-state index contributed by atoms with van der Waals surface area (Å²) in [5.41, 5.74) is 1.52. The molecule has 1 aliphatic heterocycles. The number of hydrogen-bond acceptors (Lipinski definition) is 5. The number of methoxy groups -OCH3 is 2. The van der Waals surface area contributed by atoms with E-state index in [0.29, 0.717) is 26.6 Å². The fourth-order valence-electron chi connectivity index (χ4n) is 2.27. The number of carbonyl (C=O) groups excluding carboxylic acids is 1. The molecule has 0 spiro atoms. The third-order valence-electron chi connectivity index (χ3n) is 3.39. The highest BCUT2D eigenvalue weighted by Crippen LogP contribution is 2.37. The monoisotopic (exact) mass is 374 g/mol. The third-order valence-corrected chi connectivity index (χ3v) is 4.58. The minimum absolute atomic E-state index is 0.203.